The Hall–Kier alpha value is -0.420. The molecule has 0 radical (unpaired) electrons. The topological polar surface area (TPSA) is 40.5 Å². The number of likely N-dealkylation sites (tertiary alicyclic amines) is 1. The predicted octanol–water partition coefficient (Wildman–Crippen LogP) is 4.42. The van der Waals surface area contributed by atoms with Crippen molar-refractivity contribution in [2.75, 3.05) is 24.7 Å². The van der Waals surface area contributed by atoms with E-state index in [0.29, 0.717) is 22.5 Å². The number of amides is 1. The molecule has 1 fully saturated rings. The highest BCUT2D eigenvalue weighted by molar-refractivity contribution is 7.99. The normalized spacial score (nSPS) is 17.7. The summed E-state index contributed by atoms with van der Waals surface area (Å²) in [5, 5.41) is 10.0. The van der Waals surface area contributed by atoms with Crippen molar-refractivity contribution in [1.82, 2.24) is 4.90 Å². The Balaban J connectivity index is 1.77. The van der Waals surface area contributed by atoms with Gasteiger partial charge in [-0.05, 0) is 55.2 Å². The first kappa shape index (κ1) is 19.9. The van der Waals surface area contributed by atoms with Crippen LogP contribution in [0.1, 0.15) is 37.7 Å². The Morgan fingerprint density at radius 2 is 1.92 bits per heavy atom. The molecule has 0 bridgehead atoms. The van der Waals surface area contributed by atoms with Crippen molar-refractivity contribution in [3.05, 3.63) is 33.8 Å². The fourth-order valence-electron chi connectivity index (χ4n) is 3.16. The van der Waals surface area contributed by atoms with E-state index in [1.165, 1.54) is 0 Å². The molecule has 0 spiro atoms. The molecule has 1 amide bonds. The standard InChI is InChI=1S/C18H25Cl2NO2S/c19-15-11-14(12-16(20)13-15)6-7-21-17(4-5-18(21)23)3-1-2-9-24-10-8-22/h11-13,17,22H,1-10H2/t17-/m0/s1. The van der Waals surface area contributed by atoms with E-state index in [4.69, 9.17) is 28.3 Å². The summed E-state index contributed by atoms with van der Waals surface area (Å²) in [4.78, 5) is 14.2. The van der Waals surface area contributed by atoms with Crippen LogP contribution in [-0.4, -0.2) is 46.6 Å². The molecule has 1 aromatic rings. The highest BCUT2D eigenvalue weighted by Gasteiger charge is 2.29. The van der Waals surface area contributed by atoms with Gasteiger partial charge in [-0.15, -0.1) is 0 Å². The van der Waals surface area contributed by atoms with Gasteiger partial charge in [-0.1, -0.05) is 29.6 Å². The van der Waals surface area contributed by atoms with Gasteiger partial charge >= 0.3 is 0 Å². The maximum absolute atomic E-state index is 12.2. The Morgan fingerprint density at radius 3 is 2.62 bits per heavy atom. The van der Waals surface area contributed by atoms with Crippen molar-refractivity contribution >= 4 is 40.9 Å². The molecule has 134 valence electrons. The summed E-state index contributed by atoms with van der Waals surface area (Å²) >= 11 is 13.9. The zero-order valence-electron chi connectivity index (χ0n) is 13.8. The van der Waals surface area contributed by atoms with Crippen LogP contribution in [0, 0.1) is 0 Å². The van der Waals surface area contributed by atoms with Gasteiger partial charge in [0.1, 0.15) is 0 Å². The molecular weight excluding hydrogens is 365 g/mol. The Morgan fingerprint density at radius 1 is 1.17 bits per heavy atom. The van der Waals surface area contributed by atoms with Crippen LogP contribution in [0.25, 0.3) is 0 Å². The minimum atomic E-state index is 0.253. The number of rotatable bonds is 10. The SMILES string of the molecule is O=C1CC[C@H](CCCCSCCO)N1CCc1cc(Cl)cc(Cl)c1. The number of carbonyl (C=O) groups excluding carboxylic acids is 1. The van der Waals surface area contributed by atoms with Crippen LogP contribution in [0.5, 0.6) is 0 Å². The van der Waals surface area contributed by atoms with Crippen LogP contribution in [0.2, 0.25) is 10.0 Å². The Labute approximate surface area is 158 Å². The van der Waals surface area contributed by atoms with Gasteiger partial charge < -0.3 is 10.0 Å². The van der Waals surface area contributed by atoms with E-state index >= 15 is 0 Å². The summed E-state index contributed by atoms with van der Waals surface area (Å²) in [6.07, 6.45) is 5.78. The second-order valence-corrected chi connectivity index (χ2v) is 8.24. The smallest absolute Gasteiger partial charge is 0.222 e. The average molecular weight is 390 g/mol. The van der Waals surface area contributed by atoms with Gasteiger partial charge in [-0.3, -0.25) is 4.79 Å². The fraction of sp³-hybridized carbons (Fsp3) is 0.611. The largest absolute Gasteiger partial charge is 0.396 e. The van der Waals surface area contributed by atoms with E-state index in [1.807, 2.05) is 17.0 Å². The van der Waals surface area contributed by atoms with Gasteiger partial charge in [0.05, 0.1) is 6.61 Å². The van der Waals surface area contributed by atoms with Crippen molar-refractivity contribution in [3.63, 3.8) is 0 Å². The van der Waals surface area contributed by atoms with Crippen molar-refractivity contribution in [2.24, 2.45) is 0 Å². The summed E-state index contributed by atoms with van der Waals surface area (Å²) in [6.45, 7) is 0.989. The predicted molar refractivity (Wildman–Crippen MR) is 103 cm³/mol. The number of hydrogen-bond donors (Lipinski definition) is 1. The van der Waals surface area contributed by atoms with Gasteiger partial charge in [-0.25, -0.2) is 0 Å². The number of carbonyl (C=O) groups is 1. The van der Waals surface area contributed by atoms with Crippen LogP contribution in [-0.2, 0) is 11.2 Å². The summed E-state index contributed by atoms with van der Waals surface area (Å²) in [6, 6.07) is 5.93. The number of unbranched alkanes of at least 4 members (excludes halogenated alkanes) is 1. The van der Waals surface area contributed by atoms with Gasteiger partial charge in [-0.2, -0.15) is 11.8 Å². The first-order valence-corrected chi connectivity index (χ1v) is 10.4. The minimum Gasteiger partial charge on any atom is -0.396 e. The maximum Gasteiger partial charge on any atom is 0.222 e. The van der Waals surface area contributed by atoms with E-state index in [-0.39, 0.29) is 12.5 Å². The lowest BCUT2D eigenvalue weighted by Gasteiger charge is -2.25. The lowest BCUT2D eigenvalue weighted by atomic mass is 10.1. The minimum absolute atomic E-state index is 0.253. The molecule has 1 N–H and O–H groups in total. The lowest BCUT2D eigenvalue weighted by Crippen LogP contribution is -2.34. The van der Waals surface area contributed by atoms with Gasteiger partial charge in [0, 0.05) is 34.8 Å². The summed E-state index contributed by atoms with van der Waals surface area (Å²) in [5.74, 6) is 2.17. The van der Waals surface area contributed by atoms with E-state index < -0.39 is 0 Å². The van der Waals surface area contributed by atoms with Crippen LogP contribution < -0.4 is 0 Å². The summed E-state index contributed by atoms with van der Waals surface area (Å²) < 4.78 is 0. The molecule has 0 aliphatic carbocycles. The first-order chi connectivity index (χ1) is 11.6. The molecule has 24 heavy (non-hydrogen) atoms. The molecule has 1 atom stereocenters. The van der Waals surface area contributed by atoms with E-state index in [1.54, 1.807) is 17.8 Å². The molecule has 3 nitrogen and oxygen atoms in total. The van der Waals surface area contributed by atoms with E-state index in [2.05, 4.69) is 0 Å². The maximum atomic E-state index is 12.2. The zero-order chi connectivity index (χ0) is 17.4. The van der Waals surface area contributed by atoms with Crippen LogP contribution >= 0.6 is 35.0 Å². The van der Waals surface area contributed by atoms with Crippen molar-refractivity contribution < 1.29 is 9.90 Å². The number of halogens is 2. The quantitative estimate of drug-likeness (QED) is 0.601. The highest BCUT2D eigenvalue weighted by atomic mass is 35.5. The molecular formula is C18H25Cl2NO2S. The van der Waals surface area contributed by atoms with Gasteiger partial charge in [0.15, 0.2) is 0 Å². The molecule has 6 heteroatoms. The first-order valence-electron chi connectivity index (χ1n) is 8.53. The Bertz CT molecular complexity index is 522. The molecule has 1 aliphatic rings. The van der Waals surface area contributed by atoms with Crippen molar-refractivity contribution in [3.8, 4) is 0 Å². The highest BCUT2D eigenvalue weighted by Crippen LogP contribution is 2.25. The molecule has 0 unspecified atom stereocenters. The third kappa shape index (κ3) is 6.47. The third-order valence-corrected chi connectivity index (χ3v) is 5.81. The number of nitrogens with zero attached hydrogens (tertiary/aromatic N) is 1. The van der Waals surface area contributed by atoms with Gasteiger partial charge in [0.25, 0.3) is 0 Å². The van der Waals surface area contributed by atoms with Crippen LogP contribution in [0.3, 0.4) is 0 Å². The zero-order valence-corrected chi connectivity index (χ0v) is 16.2. The average Bonchev–Trinajstić information content (AvgIpc) is 2.88. The van der Waals surface area contributed by atoms with Gasteiger partial charge in [0.2, 0.25) is 5.91 Å². The molecule has 0 aromatic heterocycles. The number of hydrogen-bond acceptors (Lipinski definition) is 3. The van der Waals surface area contributed by atoms with Crippen molar-refractivity contribution in [1.29, 1.82) is 0 Å². The fourth-order valence-corrected chi connectivity index (χ4v) is 4.47. The molecule has 1 saturated heterocycles. The number of aliphatic hydroxyl groups is 1. The summed E-state index contributed by atoms with van der Waals surface area (Å²) in [5.41, 5.74) is 1.08. The lowest BCUT2D eigenvalue weighted by molar-refractivity contribution is -0.129. The second kappa shape index (κ2) is 10.5. The monoisotopic (exact) mass is 389 g/mol. The van der Waals surface area contributed by atoms with Crippen LogP contribution in [0.15, 0.2) is 18.2 Å². The third-order valence-electron chi connectivity index (χ3n) is 4.33. The number of benzene rings is 1. The number of aliphatic hydroxyl groups excluding tert-OH is 1. The summed E-state index contributed by atoms with van der Waals surface area (Å²) in [7, 11) is 0. The second-order valence-electron chi connectivity index (χ2n) is 6.14. The molecule has 2 rings (SSSR count). The molecule has 0 saturated carbocycles. The molecule has 1 heterocycles. The van der Waals surface area contributed by atoms with E-state index in [0.717, 1.165) is 55.7 Å². The van der Waals surface area contributed by atoms with Crippen LogP contribution in [0.4, 0.5) is 0 Å². The van der Waals surface area contributed by atoms with Crippen molar-refractivity contribution in [2.45, 2.75) is 44.6 Å². The number of thioether (sulfide) groups is 1. The molecule has 1 aliphatic heterocycles. The van der Waals surface area contributed by atoms with E-state index in [9.17, 15) is 4.79 Å². The molecule has 1 aromatic carbocycles. The Kier molecular flexibility index (Phi) is 8.74.